The van der Waals surface area contributed by atoms with Crippen LogP contribution in [0.2, 0.25) is 0 Å². The highest BCUT2D eigenvalue weighted by Crippen LogP contribution is 2.17. The molecule has 5 nitrogen and oxygen atoms in total. The first-order valence-electron chi connectivity index (χ1n) is 6.41. The summed E-state index contributed by atoms with van der Waals surface area (Å²) in [6.45, 7) is 0.0757. The van der Waals surface area contributed by atoms with Gasteiger partial charge in [0.1, 0.15) is 5.82 Å². The lowest BCUT2D eigenvalue weighted by atomic mass is 10.1. The van der Waals surface area contributed by atoms with Crippen LogP contribution in [0.5, 0.6) is 0 Å². The molecule has 3 N–H and O–H groups in total. The van der Waals surface area contributed by atoms with Gasteiger partial charge in [0.05, 0.1) is 17.3 Å². The highest BCUT2D eigenvalue weighted by Gasteiger charge is 2.13. The average Bonchev–Trinajstić information content (AvgIpc) is 2.93. The van der Waals surface area contributed by atoms with Gasteiger partial charge in [0, 0.05) is 24.0 Å². The van der Waals surface area contributed by atoms with Gasteiger partial charge in [-0.05, 0) is 30.3 Å². The maximum atomic E-state index is 13.4. The van der Waals surface area contributed by atoms with Crippen molar-refractivity contribution in [1.29, 1.82) is 0 Å². The van der Waals surface area contributed by atoms with Crippen LogP contribution in [-0.4, -0.2) is 15.5 Å². The van der Waals surface area contributed by atoms with Crippen LogP contribution in [-0.2, 0) is 6.54 Å². The van der Waals surface area contributed by atoms with Gasteiger partial charge in [-0.1, -0.05) is 6.07 Å². The summed E-state index contributed by atoms with van der Waals surface area (Å²) in [4.78, 5) is 12.3. The Labute approximate surface area is 120 Å². The second-order valence-corrected chi connectivity index (χ2v) is 4.55. The third kappa shape index (κ3) is 2.48. The summed E-state index contributed by atoms with van der Waals surface area (Å²) in [6, 6.07) is 9.77. The van der Waals surface area contributed by atoms with E-state index in [9.17, 15) is 9.18 Å². The number of carbonyl (C=O) groups excluding carboxylic acids is 1. The van der Waals surface area contributed by atoms with Crippen molar-refractivity contribution in [2.24, 2.45) is 5.73 Å². The van der Waals surface area contributed by atoms with Crippen molar-refractivity contribution in [2.45, 2.75) is 6.54 Å². The molecule has 3 aromatic rings. The van der Waals surface area contributed by atoms with E-state index in [4.69, 9.17) is 5.73 Å². The molecule has 0 saturated heterocycles. The van der Waals surface area contributed by atoms with E-state index in [0.717, 1.165) is 0 Å². The van der Waals surface area contributed by atoms with E-state index >= 15 is 0 Å². The maximum absolute atomic E-state index is 13.4. The number of carbonyl (C=O) groups is 1. The molecule has 0 aliphatic heterocycles. The van der Waals surface area contributed by atoms with E-state index < -0.39 is 0 Å². The summed E-state index contributed by atoms with van der Waals surface area (Å²) >= 11 is 0. The Bertz CT molecular complexity index is 812. The second kappa shape index (κ2) is 5.34. The number of halogens is 1. The van der Waals surface area contributed by atoms with E-state index in [1.165, 1.54) is 24.4 Å². The standard InChI is InChI=1S/C15H13FN4O/c16-13-5-4-11(7-10(13)8-17)19-15(21)12-9-18-20-6-2-1-3-14(12)20/h1-7,9H,8,17H2,(H,19,21). The van der Waals surface area contributed by atoms with Crippen LogP contribution >= 0.6 is 0 Å². The monoisotopic (exact) mass is 284 g/mol. The second-order valence-electron chi connectivity index (χ2n) is 4.55. The fourth-order valence-electron chi connectivity index (χ4n) is 2.12. The van der Waals surface area contributed by atoms with E-state index in [1.54, 1.807) is 16.8 Å². The highest BCUT2D eigenvalue weighted by atomic mass is 19.1. The van der Waals surface area contributed by atoms with Crippen molar-refractivity contribution in [3.05, 3.63) is 65.7 Å². The zero-order valence-electron chi connectivity index (χ0n) is 11.1. The summed E-state index contributed by atoms with van der Waals surface area (Å²) in [6.07, 6.45) is 3.26. The summed E-state index contributed by atoms with van der Waals surface area (Å²) in [7, 11) is 0. The molecule has 1 amide bonds. The van der Waals surface area contributed by atoms with Crippen LogP contribution in [0.4, 0.5) is 10.1 Å². The van der Waals surface area contributed by atoms with Crippen LogP contribution in [0.15, 0.2) is 48.8 Å². The first-order valence-corrected chi connectivity index (χ1v) is 6.41. The zero-order valence-corrected chi connectivity index (χ0v) is 11.1. The van der Waals surface area contributed by atoms with E-state index in [-0.39, 0.29) is 18.3 Å². The molecule has 21 heavy (non-hydrogen) atoms. The van der Waals surface area contributed by atoms with Gasteiger partial charge >= 0.3 is 0 Å². The third-order valence-electron chi connectivity index (χ3n) is 3.19. The molecule has 0 saturated carbocycles. The Balaban J connectivity index is 1.89. The van der Waals surface area contributed by atoms with Crippen LogP contribution in [0, 0.1) is 5.82 Å². The van der Waals surface area contributed by atoms with Gasteiger partial charge in [-0.15, -0.1) is 0 Å². The number of rotatable bonds is 3. The minimum atomic E-state index is -0.383. The normalized spacial score (nSPS) is 10.8. The predicted octanol–water partition coefficient (Wildman–Crippen LogP) is 2.18. The average molecular weight is 284 g/mol. The van der Waals surface area contributed by atoms with E-state index in [0.29, 0.717) is 22.3 Å². The van der Waals surface area contributed by atoms with Gasteiger partial charge in [-0.3, -0.25) is 4.79 Å². The number of anilines is 1. The zero-order chi connectivity index (χ0) is 14.8. The summed E-state index contributed by atoms with van der Waals surface area (Å²) < 4.78 is 15.0. The molecule has 3 rings (SSSR count). The molecule has 2 aromatic heterocycles. The first kappa shape index (κ1) is 13.3. The van der Waals surface area contributed by atoms with Crippen molar-refractivity contribution < 1.29 is 9.18 Å². The molecule has 6 heteroatoms. The molecule has 0 aliphatic rings. The lowest BCUT2D eigenvalue weighted by molar-refractivity contribution is 0.102. The van der Waals surface area contributed by atoms with Crippen LogP contribution in [0.25, 0.3) is 5.52 Å². The lowest BCUT2D eigenvalue weighted by Crippen LogP contribution is -2.12. The number of nitrogens with one attached hydrogen (secondary N) is 1. The summed E-state index contributed by atoms with van der Waals surface area (Å²) in [5.74, 6) is -0.683. The van der Waals surface area contributed by atoms with Crippen molar-refractivity contribution in [3.63, 3.8) is 0 Å². The molecule has 0 unspecified atom stereocenters. The number of aromatic nitrogens is 2. The van der Waals surface area contributed by atoms with E-state index in [1.807, 2.05) is 12.1 Å². The number of nitrogens with zero attached hydrogens (tertiary/aromatic N) is 2. The molecule has 1 aromatic carbocycles. The SMILES string of the molecule is NCc1cc(NC(=O)c2cnn3ccccc23)ccc1F. The Morgan fingerprint density at radius 2 is 2.19 bits per heavy atom. The third-order valence-corrected chi connectivity index (χ3v) is 3.19. The number of hydrogen-bond donors (Lipinski definition) is 2. The van der Waals surface area contributed by atoms with Gasteiger partial charge < -0.3 is 11.1 Å². The largest absolute Gasteiger partial charge is 0.326 e. The van der Waals surface area contributed by atoms with Crippen molar-refractivity contribution in [3.8, 4) is 0 Å². The van der Waals surface area contributed by atoms with Gasteiger partial charge in [-0.2, -0.15) is 5.10 Å². The number of amides is 1. The van der Waals surface area contributed by atoms with Crippen LogP contribution < -0.4 is 11.1 Å². The number of nitrogens with two attached hydrogens (primary N) is 1. The Kier molecular flexibility index (Phi) is 3.37. The molecule has 0 radical (unpaired) electrons. The molecule has 106 valence electrons. The van der Waals surface area contributed by atoms with Gasteiger partial charge in [0.15, 0.2) is 0 Å². The van der Waals surface area contributed by atoms with Crippen LogP contribution in [0.3, 0.4) is 0 Å². The highest BCUT2D eigenvalue weighted by molar-refractivity contribution is 6.08. The molecule has 0 aliphatic carbocycles. The van der Waals surface area contributed by atoms with Crippen molar-refractivity contribution >= 4 is 17.1 Å². The number of fused-ring (bicyclic) bond motifs is 1. The smallest absolute Gasteiger partial charge is 0.259 e. The molecule has 0 fully saturated rings. The Morgan fingerprint density at radius 1 is 1.33 bits per heavy atom. The topological polar surface area (TPSA) is 72.4 Å². The van der Waals surface area contributed by atoms with Crippen molar-refractivity contribution in [2.75, 3.05) is 5.32 Å². The maximum Gasteiger partial charge on any atom is 0.259 e. The molecule has 0 spiro atoms. The quantitative estimate of drug-likeness (QED) is 0.774. The van der Waals surface area contributed by atoms with Crippen molar-refractivity contribution in [1.82, 2.24) is 9.61 Å². The number of benzene rings is 1. The number of pyridine rings is 1. The fourth-order valence-corrected chi connectivity index (χ4v) is 2.12. The van der Waals surface area contributed by atoms with Gasteiger partial charge in [0.25, 0.3) is 5.91 Å². The fraction of sp³-hybridized carbons (Fsp3) is 0.0667. The molecular weight excluding hydrogens is 271 g/mol. The number of hydrogen-bond acceptors (Lipinski definition) is 3. The van der Waals surface area contributed by atoms with Gasteiger partial charge in [-0.25, -0.2) is 8.91 Å². The molecule has 2 heterocycles. The summed E-state index contributed by atoms with van der Waals surface area (Å²) in [5.41, 5.74) is 7.46. The minimum Gasteiger partial charge on any atom is -0.326 e. The molecular formula is C15H13FN4O. The Morgan fingerprint density at radius 3 is 3.00 bits per heavy atom. The molecule has 0 bridgehead atoms. The lowest BCUT2D eigenvalue weighted by Gasteiger charge is -2.07. The summed E-state index contributed by atoms with van der Waals surface area (Å²) in [5, 5.41) is 6.83. The van der Waals surface area contributed by atoms with Crippen LogP contribution in [0.1, 0.15) is 15.9 Å². The van der Waals surface area contributed by atoms with Gasteiger partial charge in [0.2, 0.25) is 0 Å². The minimum absolute atomic E-state index is 0.0757. The first-order chi connectivity index (χ1) is 10.2. The molecule has 0 atom stereocenters. The predicted molar refractivity (Wildman–Crippen MR) is 77.4 cm³/mol. The van der Waals surface area contributed by atoms with E-state index in [2.05, 4.69) is 10.4 Å². The Hall–Kier alpha value is -2.73.